The SMILES string of the molecule is CCC1c2ccsc2CCN1C(=O)CN1CCCCC1C(=O)O. The highest BCUT2D eigenvalue weighted by atomic mass is 32.1. The van der Waals surface area contributed by atoms with Gasteiger partial charge in [0.1, 0.15) is 6.04 Å². The standard InChI is InChI=1S/C17H24N2O3S/c1-2-13-12-7-10-23-15(12)6-9-19(13)16(20)11-18-8-4-3-5-14(18)17(21)22/h7,10,13-14H,2-6,8-9,11H2,1H3,(H,21,22). The molecule has 0 saturated carbocycles. The lowest BCUT2D eigenvalue weighted by Crippen LogP contribution is -2.51. The Morgan fingerprint density at radius 1 is 1.35 bits per heavy atom. The molecule has 0 radical (unpaired) electrons. The number of carboxylic acids is 1. The Bertz CT molecular complexity index is 586. The highest BCUT2D eigenvalue weighted by Crippen LogP contribution is 2.35. The van der Waals surface area contributed by atoms with E-state index in [9.17, 15) is 14.7 Å². The van der Waals surface area contributed by atoms with Crippen LogP contribution in [0.15, 0.2) is 11.4 Å². The van der Waals surface area contributed by atoms with Gasteiger partial charge in [-0.15, -0.1) is 11.3 Å². The Labute approximate surface area is 140 Å². The topological polar surface area (TPSA) is 60.9 Å². The first-order valence-electron chi connectivity index (χ1n) is 8.44. The second kappa shape index (κ2) is 7.01. The van der Waals surface area contributed by atoms with Gasteiger partial charge in [0.2, 0.25) is 5.91 Å². The summed E-state index contributed by atoms with van der Waals surface area (Å²) in [6, 6.07) is 1.77. The number of nitrogens with zero attached hydrogens (tertiary/aromatic N) is 2. The molecule has 3 heterocycles. The van der Waals surface area contributed by atoms with Crippen molar-refractivity contribution >= 4 is 23.2 Å². The molecule has 0 bridgehead atoms. The third-order valence-corrected chi connectivity index (χ3v) is 6.04. The van der Waals surface area contributed by atoms with Gasteiger partial charge in [0.15, 0.2) is 0 Å². The summed E-state index contributed by atoms with van der Waals surface area (Å²) in [5.74, 6) is -0.731. The molecule has 0 aliphatic carbocycles. The van der Waals surface area contributed by atoms with Gasteiger partial charge < -0.3 is 10.0 Å². The molecule has 1 aromatic heterocycles. The van der Waals surface area contributed by atoms with Gasteiger partial charge in [-0.3, -0.25) is 14.5 Å². The Kier molecular flexibility index (Phi) is 5.02. The van der Waals surface area contributed by atoms with Crippen molar-refractivity contribution in [3.8, 4) is 0 Å². The molecular formula is C17H24N2O3S. The molecule has 1 fully saturated rings. The fraction of sp³-hybridized carbons (Fsp3) is 0.647. The third kappa shape index (κ3) is 3.28. The van der Waals surface area contributed by atoms with Crippen molar-refractivity contribution in [1.29, 1.82) is 0 Å². The number of fused-ring (bicyclic) bond motifs is 1. The predicted molar refractivity (Wildman–Crippen MR) is 89.6 cm³/mol. The molecule has 0 spiro atoms. The summed E-state index contributed by atoms with van der Waals surface area (Å²) in [5, 5.41) is 11.5. The summed E-state index contributed by atoms with van der Waals surface area (Å²) < 4.78 is 0. The van der Waals surface area contributed by atoms with E-state index < -0.39 is 12.0 Å². The van der Waals surface area contributed by atoms with Crippen molar-refractivity contribution in [2.45, 2.75) is 51.1 Å². The van der Waals surface area contributed by atoms with E-state index in [0.717, 1.165) is 32.2 Å². The van der Waals surface area contributed by atoms with Gasteiger partial charge in [-0.05, 0) is 49.2 Å². The van der Waals surface area contributed by atoms with Crippen molar-refractivity contribution in [1.82, 2.24) is 9.80 Å². The fourth-order valence-electron chi connectivity index (χ4n) is 3.86. The average Bonchev–Trinajstić information content (AvgIpc) is 3.02. The zero-order valence-electron chi connectivity index (χ0n) is 13.5. The molecule has 2 atom stereocenters. The molecule has 1 amide bonds. The van der Waals surface area contributed by atoms with E-state index in [1.165, 1.54) is 10.4 Å². The lowest BCUT2D eigenvalue weighted by atomic mass is 9.97. The first-order valence-corrected chi connectivity index (χ1v) is 9.32. The van der Waals surface area contributed by atoms with Crippen LogP contribution in [0.2, 0.25) is 0 Å². The van der Waals surface area contributed by atoms with Crippen LogP contribution in [-0.4, -0.2) is 52.5 Å². The van der Waals surface area contributed by atoms with Crippen LogP contribution in [0.5, 0.6) is 0 Å². The number of rotatable bonds is 4. The van der Waals surface area contributed by atoms with Crippen LogP contribution in [0.4, 0.5) is 0 Å². The molecule has 3 rings (SSSR count). The zero-order valence-corrected chi connectivity index (χ0v) is 14.3. The Balaban J connectivity index is 1.71. The number of carbonyl (C=O) groups is 2. The molecule has 1 saturated heterocycles. The maximum atomic E-state index is 12.8. The van der Waals surface area contributed by atoms with E-state index in [1.807, 2.05) is 9.80 Å². The molecule has 126 valence electrons. The van der Waals surface area contributed by atoms with Gasteiger partial charge in [-0.1, -0.05) is 13.3 Å². The van der Waals surface area contributed by atoms with Gasteiger partial charge in [-0.2, -0.15) is 0 Å². The van der Waals surface area contributed by atoms with E-state index in [-0.39, 0.29) is 18.5 Å². The van der Waals surface area contributed by atoms with Crippen LogP contribution in [0.25, 0.3) is 0 Å². The Hall–Kier alpha value is -1.40. The number of carboxylic acid groups (broad SMARTS) is 1. The molecule has 1 aromatic rings. The second-order valence-corrected chi connectivity index (χ2v) is 7.38. The minimum Gasteiger partial charge on any atom is -0.480 e. The van der Waals surface area contributed by atoms with Crippen LogP contribution < -0.4 is 0 Å². The first-order chi connectivity index (χ1) is 11.1. The summed E-state index contributed by atoms with van der Waals surface area (Å²) in [4.78, 5) is 29.4. The summed E-state index contributed by atoms with van der Waals surface area (Å²) in [6.45, 7) is 3.79. The zero-order chi connectivity index (χ0) is 16.4. The van der Waals surface area contributed by atoms with Crippen LogP contribution in [0, 0.1) is 0 Å². The van der Waals surface area contributed by atoms with E-state index >= 15 is 0 Å². The predicted octanol–water partition coefficient (Wildman–Crippen LogP) is 2.52. The van der Waals surface area contributed by atoms with Crippen LogP contribution in [0.3, 0.4) is 0 Å². The van der Waals surface area contributed by atoms with Crippen LogP contribution in [-0.2, 0) is 16.0 Å². The van der Waals surface area contributed by atoms with Crippen LogP contribution in [0.1, 0.15) is 49.1 Å². The minimum atomic E-state index is -0.802. The molecule has 6 heteroatoms. The number of aliphatic carboxylic acids is 1. The summed E-state index contributed by atoms with van der Waals surface area (Å²) in [5.41, 5.74) is 1.28. The molecular weight excluding hydrogens is 312 g/mol. The summed E-state index contributed by atoms with van der Waals surface area (Å²) in [7, 11) is 0. The van der Waals surface area contributed by atoms with Gasteiger partial charge in [-0.25, -0.2) is 0 Å². The molecule has 2 aliphatic rings. The van der Waals surface area contributed by atoms with E-state index in [2.05, 4.69) is 18.4 Å². The fourth-order valence-corrected chi connectivity index (χ4v) is 4.79. The number of carbonyl (C=O) groups excluding carboxylic acids is 1. The van der Waals surface area contributed by atoms with Crippen molar-refractivity contribution in [2.75, 3.05) is 19.6 Å². The Morgan fingerprint density at radius 2 is 2.17 bits per heavy atom. The third-order valence-electron chi connectivity index (χ3n) is 5.04. The molecule has 2 unspecified atom stereocenters. The van der Waals surface area contributed by atoms with Crippen molar-refractivity contribution in [3.63, 3.8) is 0 Å². The number of hydrogen-bond donors (Lipinski definition) is 1. The first kappa shape index (κ1) is 16.5. The normalized spacial score (nSPS) is 25.2. The second-order valence-electron chi connectivity index (χ2n) is 6.38. The van der Waals surface area contributed by atoms with Crippen molar-refractivity contribution < 1.29 is 14.7 Å². The van der Waals surface area contributed by atoms with Gasteiger partial charge in [0, 0.05) is 11.4 Å². The number of likely N-dealkylation sites (tertiary alicyclic amines) is 1. The van der Waals surface area contributed by atoms with Crippen molar-refractivity contribution in [2.24, 2.45) is 0 Å². The number of thiophene rings is 1. The van der Waals surface area contributed by atoms with E-state index in [1.54, 1.807) is 11.3 Å². The molecule has 0 aromatic carbocycles. The number of piperidine rings is 1. The van der Waals surface area contributed by atoms with Gasteiger partial charge >= 0.3 is 5.97 Å². The quantitative estimate of drug-likeness (QED) is 0.918. The lowest BCUT2D eigenvalue weighted by Gasteiger charge is -2.38. The highest BCUT2D eigenvalue weighted by Gasteiger charge is 2.34. The highest BCUT2D eigenvalue weighted by molar-refractivity contribution is 7.10. The van der Waals surface area contributed by atoms with Gasteiger partial charge in [0.05, 0.1) is 12.6 Å². The number of amides is 1. The molecule has 1 N–H and O–H groups in total. The summed E-state index contributed by atoms with van der Waals surface area (Å²) in [6.07, 6.45) is 4.37. The largest absolute Gasteiger partial charge is 0.480 e. The molecule has 5 nitrogen and oxygen atoms in total. The average molecular weight is 336 g/mol. The smallest absolute Gasteiger partial charge is 0.320 e. The number of hydrogen-bond acceptors (Lipinski definition) is 4. The Morgan fingerprint density at radius 3 is 2.91 bits per heavy atom. The summed E-state index contributed by atoms with van der Waals surface area (Å²) >= 11 is 1.77. The maximum absolute atomic E-state index is 12.8. The lowest BCUT2D eigenvalue weighted by molar-refractivity contribution is -0.146. The monoisotopic (exact) mass is 336 g/mol. The van der Waals surface area contributed by atoms with Gasteiger partial charge in [0.25, 0.3) is 0 Å². The molecule has 2 aliphatic heterocycles. The molecule has 23 heavy (non-hydrogen) atoms. The minimum absolute atomic E-state index is 0.0712. The maximum Gasteiger partial charge on any atom is 0.320 e. The van der Waals surface area contributed by atoms with Crippen LogP contribution >= 0.6 is 11.3 Å². The van der Waals surface area contributed by atoms with E-state index in [4.69, 9.17) is 0 Å². The van der Waals surface area contributed by atoms with Crippen molar-refractivity contribution in [3.05, 3.63) is 21.9 Å². The van der Waals surface area contributed by atoms with E-state index in [0.29, 0.717) is 13.0 Å².